The Balaban J connectivity index is 1.93. The summed E-state index contributed by atoms with van der Waals surface area (Å²) in [5, 5.41) is 9.34. The lowest BCUT2D eigenvalue weighted by atomic mass is 9.99. The van der Waals surface area contributed by atoms with Crippen LogP contribution in [-0.2, 0) is 0 Å². The van der Waals surface area contributed by atoms with Crippen molar-refractivity contribution < 1.29 is 9.90 Å². The third-order valence-corrected chi connectivity index (χ3v) is 4.14. The van der Waals surface area contributed by atoms with E-state index < -0.39 is 0 Å². The molecule has 2 saturated heterocycles. The number of hydrogen-bond acceptors (Lipinski definition) is 2. The first-order valence-electron chi connectivity index (χ1n) is 6.88. The van der Waals surface area contributed by atoms with Crippen LogP contribution in [-0.4, -0.2) is 53.2 Å². The first-order chi connectivity index (χ1) is 8.22. The maximum Gasteiger partial charge on any atom is 0.320 e. The Bertz CT molecular complexity index is 262. The summed E-state index contributed by atoms with van der Waals surface area (Å²) in [7, 11) is 0. The van der Waals surface area contributed by atoms with Crippen LogP contribution < -0.4 is 0 Å². The molecule has 2 aliphatic heterocycles. The molecule has 0 aromatic heterocycles. The van der Waals surface area contributed by atoms with E-state index in [9.17, 15) is 9.90 Å². The van der Waals surface area contributed by atoms with Crippen LogP contribution >= 0.6 is 0 Å². The van der Waals surface area contributed by atoms with Crippen molar-refractivity contribution in [2.75, 3.05) is 26.2 Å². The van der Waals surface area contributed by atoms with Crippen LogP contribution in [0.25, 0.3) is 0 Å². The van der Waals surface area contributed by atoms with Crippen molar-refractivity contribution >= 4 is 6.03 Å². The number of carbonyl (C=O) groups is 1. The van der Waals surface area contributed by atoms with Gasteiger partial charge in [0.15, 0.2) is 0 Å². The highest BCUT2D eigenvalue weighted by molar-refractivity contribution is 5.75. The molecule has 2 heterocycles. The van der Waals surface area contributed by atoms with Gasteiger partial charge in [-0.05, 0) is 38.0 Å². The quantitative estimate of drug-likeness (QED) is 0.758. The second kappa shape index (κ2) is 5.71. The lowest BCUT2D eigenvalue weighted by molar-refractivity contribution is 0.0775. The zero-order chi connectivity index (χ0) is 12.3. The summed E-state index contributed by atoms with van der Waals surface area (Å²) in [4.78, 5) is 16.2. The number of amides is 2. The van der Waals surface area contributed by atoms with E-state index in [1.54, 1.807) is 0 Å². The van der Waals surface area contributed by atoms with Crippen LogP contribution in [0.5, 0.6) is 0 Å². The number of nitrogens with zero attached hydrogens (tertiary/aromatic N) is 2. The minimum absolute atomic E-state index is 0.0515. The summed E-state index contributed by atoms with van der Waals surface area (Å²) in [5.74, 6) is 0.744. The molecule has 4 heteroatoms. The molecule has 2 amide bonds. The Morgan fingerprint density at radius 1 is 1.18 bits per heavy atom. The highest BCUT2D eigenvalue weighted by Gasteiger charge is 2.30. The Labute approximate surface area is 104 Å². The predicted molar refractivity (Wildman–Crippen MR) is 66.8 cm³/mol. The van der Waals surface area contributed by atoms with Crippen molar-refractivity contribution in [1.29, 1.82) is 0 Å². The van der Waals surface area contributed by atoms with Crippen LogP contribution in [0.15, 0.2) is 0 Å². The molecule has 4 nitrogen and oxygen atoms in total. The number of likely N-dealkylation sites (tertiary alicyclic amines) is 2. The molecule has 1 unspecified atom stereocenters. The molecule has 1 atom stereocenters. The second-order valence-electron chi connectivity index (χ2n) is 5.48. The lowest BCUT2D eigenvalue weighted by Crippen LogP contribution is -2.53. The first-order valence-corrected chi connectivity index (χ1v) is 6.88. The number of piperidine rings is 2. The van der Waals surface area contributed by atoms with Crippen LogP contribution in [0.4, 0.5) is 4.79 Å². The molecule has 2 fully saturated rings. The fourth-order valence-electron chi connectivity index (χ4n) is 2.82. The van der Waals surface area contributed by atoms with Gasteiger partial charge in [-0.25, -0.2) is 4.79 Å². The maximum absolute atomic E-state index is 12.4. The van der Waals surface area contributed by atoms with Gasteiger partial charge in [0.1, 0.15) is 0 Å². The van der Waals surface area contributed by atoms with Gasteiger partial charge >= 0.3 is 6.03 Å². The van der Waals surface area contributed by atoms with Gasteiger partial charge in [0, 0.05) is 19.6 Å². The molecule has 0 aromatic rings. The Hall–Kier alpha value is -0.770. The van der Waals surface area contributed by atoms with E-state index in [-0.39, 0.29) is 18.7 Å². The molecule has 0 bridgehead atoms. The van der Waals surface area contributed by atoms with Crippen molar-refractivity contribution in [3.63, 3.8) is 0 Å². The van der Waals surface area contributed by atoms with Gasteiger partial charge in [-0.1, -0.05) is 6.92 Å². The summed E-state index contributed by atoms with van der Waals surface area (Å²) in [6.45, 7) is 4.94. The zero-order valence-corrected chi connectivity index (χ0v) is 10.8. The van der Waals surface area contributed by atoms with Crippen molar-refractivity contribution in [3.8, 4) is 0 Å². The summed E-state index contributed by atoms with van der Waals surface area (Å²) >= 11 is 0. The average Bonchev–Trinajstić information content (AvgIpc) is 2.39. The van der Waals surface area contributed by atoms with E-state index in [2.05, 4.69) is 6.92 Å². The van der Waals surface area contributed by atoms with Gasteiger partial charge in [-0.15, -0.1) is 0 Å². The van der Waals surface area contributed by atoms with Gasteiger partial charge in [-0.2, -0.15) is 0 Å². The Kier molecular flexibility index (Phi) is 4.26. The summed E-state index contributed by atoms with van der Waals surface area (Å²) in [6.07, 6.45) is 5.39. The predicted octanol–water partition coefficient (Wildman–Crippen LogP) is 1.69. The first kappa shape index (κ1) is 12.7. The monoisotopic (exact) mass is 240 g/mol. The molecule has 0 aromatic carbocycles. The van der Waals surface area contributed by atoms with Crippen LogP contribution in [0, 0.1) is 5.92 Å². The van der Waals surface area contributed by atoms with Crippen molar-refractivity contribution in [2.45, 2.75) is 45.1 Å². The van der Waals surface area contributed by atoms with Gasteiger partial charge < -0.3 is 14.9 Å². The van der Waals surface area contributed by atoms with E-state index in [1.807, 2.05) is 9.80 Å². The Morgan fingerprint density at radius 3 is 2.53 bits per heavy atom. The SMILES string of the molecule is CC1CCN(C(=O)N2CCCCC2CO)CC1. The third-order valence-electron chi connectivity index (χ3n) is 4.14. The average molecular weight is 240 g/mol. The standard InChI is InChI=1S/C13H24N2O2/c1-11-5-8-14(9-6-11)13(17)15-7-3-2-4-12(15)10-16/h11-12,16H,2-10H2,1H3. The van der Waals surface area contributed by atoms with E-state index in [4.69, 9.17) is 0 Å². The minimum Gasteiger partial charge on any atom is -0.394 e. The number of aliphatic hydroxyl groups excluding tert-OH is 1. The normalized spacial score (nSPS) is 27.3. The number of hydrogen-bond donors (Lipinski definition) is 1. The summed E-state index contributed by atoms with van der Waals surface area (Å²) < 4.78 is 0. The molecule has 0 aliphatic carbocycles. The smallest absolute Gasteiger partial charge is 0.320 e. The molecule has 0 saturated carbocycles. The second-order valence-corrected chi connectivity index (χ2v) is 5.48. The molecule has 0 spiro atoms. The summed E-state index contributed by atoms with van der Waals surface area (Å²) in [5.41, 5.74) is 0. The molecule has 98 valence electrons. The van der Waals surface area contributed by atoms with Gasteiger partial charge in [0.05, 0.1) is 12.6 Å². The molecule has 2 aliphatic rings. The van der Waals surface area contributed by atoms with Crippen molar-refractivity contribution in [1.82, 2.24) is 9.80 Å². The fraction of sp³-hybridized carbons (Fsp3) is 0.923. The van der Waals surface area contributed by atoms with E-state index in [1.165, 1.54) is 0 Å². The number of rotatable bonds is 1. The van der Waals surface area contributed by atoms with E-state index in [0.717, 1.165) is 57.7 Å². The number of carbonyl (C=O) groups excluding carboxylic acids is 1. The molecule has 17 heavy (non-hydrogen) atoms. The molecular formula is C13H24N2O2. The largest absolute Gasteiger partial charge is 0.394 e. The molecule has 1 N–H and O–H groups in total. The van der Waals surface area contributed by atoms with Gasteiger partial charge in [0.25, 0.3) is 0 Å². The van der Waals surface area contributed by atoms with Crippen LogP contribution in [0.3, 0.4) is 0 Å². The summed E-state index contributed by atoms with van der Waals surface area (Å²) in [6, 6.07) is 0.200. The Morgan fingerprint density at radius 2 is 1.88 bits per heavy atom. The highest BCUT2D eigenvalue weighted by atomic mass is 16.3. The maximum atomic E-state index is 12.4. The highest BCUT2D eigenvalue weighted by Crippen LogP contribution is 2.22. The van der Waals surface area contributed by atoms with Gasteiger partial charge in [0.2, 0.25) is 0 Å². The zero-order valence-electron chi connectivity index (χ0n) is 10.8. The lowest BCUT2D eigenvalue weighted by Gasteiger charge is -2.40. The number of aliphatic hydroxyl groups is 1. The van der Waals surface area contributed by atoms with Crippen LogP contribution in [0.2, 0.25) is 0 Å². The van der Waals surface area contributed by atoms with E-state index >= 15 is 0 Å². The number of urea groups is 1. The third kappa shape index (κ3) is 2.92. The molecular weight excluding hydrogens is 216 g/mol. The van der Waals surface area contributed by atoms with Gasteiger partial charge in [-0.3, -0.25) is 0 Å². The molecule has 2 rings (SSSR count). The van der Waals surface area contributed by atoms with Crippen molar-refractivity contribution in [3.05, 3.63) is 0 Å². The molecule has 0 radical (unpaired) electrons. The van der Waals surface area contributed by atoms with E-state index in [0.29, 0.717) is 0 Å². The van der Waals surface area contributed by atoms with Crippen molar-refractivity contribution in [2.24, 2.45) is 5.92 Å². The topological polar surface area (TPSA) is 43.8 Å². The fourth-order valence-corrected chi connectivity index (χ4v) is 2.82. The minimum atomic E-state index is 0.0515. The van der Waals surface area contributed by atoms with Crippen LogP contribution in [0.1, 0.15) is 39.0 Å².